The number of rotatable bonds is 4. The van der Waals surface area contributed by atoms with E-state index in [1.54, 1.807) is 0 Å². The highest BCUT2D eigenvalue weighted by Gasteiger charge is 2.39. The van der Waals surface area contributed by atoms with Crippen LogP contribution in [0.4, 0.5) is 0 Å². The Morgan fingerprint density at radius 3 is 2.47 bits per heavy atom. The molecule has 19 heavy (non-hydrogen) atoms. The zero-order valence-electron chi connectivity index (χ0n) is 12.3. The summed E-state index contributed by atoms with van der Waals surface area (Å²) in [6.45, 7) is 8.73. The van der Waals surface area contributed by atoms with Crippen LogP contribution in [0.2, 0.25) is 0 Å². The average molecular weight is 257 g/mol. The first-order valence-corrected chi connectivity index (χ1v) is 7.12. The SMILES string of the molecule is CCC(CC)C1(C)NC(C)=C(C=O)c2ccccc21. The molecule has 0 saturated carbocycles. The Balaban J connectivity index is 2.64. The number of allylic oxidation sites excluding steroid dienone is 2. The quantitative estimate of drug-likeness (QED) is 0.830. The van der Waals surface area contributed by atoms with Crippen molar-refractivity contribution >= 4 is 11.9 Å². The van der Waals surface area contributed by atoms with Crippen molar-refractivity contribution < 1.29 is 4.79 Å². The molecule has 1 aliphatic rings. The Kier molecular flexibility index (Phi) is 3.79. The molecule has 1 N–H and O–H groups in total. The summed E-state index contributed by atoms with van der Waals surface area (Å²) < 4.78 is 0. The number of carbonyl (C=O) groups is 1. The fourth-order valence-corrected chi connectivity index (χ4v) is 3.48. The summed E-state index contributed by atoms with van der Waals surface area (Å²) in [6.07, 6.45) is 3.21. The number of fused-ring (bicyclic) bond motifs is 1. The van der Waals surface area contributed by atoms with Gasteiger partial charge in [0.25, 0.3) is 0 Å². The Hall–Kier alpha value is -1.57. The van der Waals surface area contributed by atoms with Crippen LogP contribution in [0, 0.1) is 5.92 Å². The molecule has 1 unspecified atom stereocenters. The molecule has 2 heteroatoms. The highest BCUT2D eigenvalue weighted by molar-refractivity contribution is 6.09. The van der Waals surface area contributed by atoms with Crippen molar-refractivity contribution in [3.05, 3.63) is 41.1 Å². The summed E-state index contributed by atoms with van der Waals surface area (Å²) in [5.74, 6) is 0.553. The minimum Gasteiger partial charge on any atom is -0.378 e. The Morgan fingerprint density at radius 2 is 1.89 bits per heavy atom. The average Bonchev–Trinajstić information content (AvgIpc) is 2.40. The smallest absolute Gasteiger partial charge is 0.152 e. The largest absolute Gasteiger partial charge is 0.378 e. The van der Waals surface area contributed by atoms with E-state index in [1.807, 2.05) is 13.0 Å². The molecule has 0 bridgehead atoms. The summed E-state index contributed by atoms with van der Waals surface area (Å²) in [7, 11) is 0. The lowest BCUT2D eigenvalue weighted by molar-refractivity contribution is -0.103. The van der Waals surface area contributed by atoms with Crippen LogP contribution in [0.5, 0.6) is 0 Å². The lowest BCUT2D eigenvalue weighted by Crippen LogP contribution is -2.47. The van der Waals surface area contributed by atoms with Crippen LogP contribution in [0.3, 0.4) is 0 Å². The van der Waals surface area contributed by atoms with Gasteiger partial charge in [0.1, 0.15) is 0 Å². The molecule has 0 radical (unpaired) electrons. The van der Waals surface area contributed by atoms with Crippen molar-refractivity contribution in [1.29, 1.82) is 0 Å². The van der Waals surface area contributed by atoms with E-state index in [0.717, 1.165) is 36.0 Å². The summed E-state index contributed by atoms with van der Waals surface area (Å²) >= 11 is 0. The predicted molar refractivity (Wildman–Crippen MR) is 79.7 cm³/mol. The highest BCUT2D eigenvalue weighted by atomic mass is 16.1. The molecule has 0 amide bonds. The number of aldehydes is 1. The van der Waals surface area contributed by atoms with Gasteiger partial charge in [0.15, 0.2) is 6.29 Å². The highest BCUT2D eigenvalue weighted by Crippen LogP contribution is 2.41. The zero-order valence-corrected chi connectivity index (χ0v) is 12.3. The van der Waals surface area contributed by atoms with Crippen molar-refractivity contribution in [2.75, 3.05) is 0 Å². The monoisotopic (exact) mass is 257 g/mol. The van der Waals surface area contributed by atoms with Crippen molar-refractivity contribution in [1.82, 2.24) is 5.32 Å². The topological polar surface area (TPSA) is 29.1 Å². The molecule has 0 saturated heterocycles. The second-order valence-corrected chi connectivity index (χ2v) is 5.54. The fourth-order valence-electron chi connectivity index (χ4n) is 3.48. The first kappa shape index (κ1) is 13.9. The molecule has 102 valence electrons. The molecule has 0 aliphatic carbocycles. The number of hydrogen-bond donors (Lipinski definition) is 1. The minimum absolute atomic E-state index is 0.0866. The molecule has 1 atom stereocenters. The van der Waals surface area contributed by atoms with Gasteiger partial charge in [-0.2, -0.15) is 0 Å². The number of nitrogens with one attached hydrogen (secondary N) is 1. The van der Waals surface area contributed by atoms with Gasteiger partial charge in [-0.25, -0.2) is 0 Å². The predicted octanol–water partition coefficient (Wildman–Crippen LogP) is 3.87. The maximum Gasteiger partial charge on any atom is 0.152 e. The van der Waals surface area contributed by atoms with Crippen LogP contribution in [-0.4, -0.2) is 6.29 Å². The molecule has 1 aliphatic heterocycles. The molecular formula is C17H23NO. The van der Waals surface area contributed by atoms with E-state index >= 15 is 0 Å². The third-order valence-corrected chi connectivity index (χ3v) is 4.55. The van der Waals surface area contributed by atoms with Crippen LogP contribution in [0.25, 0.3) is 5.57 Å². The molecule has 1 heterocycles. The Morgan fingerprint density at radius 1 is 1.26 bits per heavy atom. The van der Waals surface area contributed by atoms with E-state index in [-0.39, 0.29) is 5.54 Å². The summed E-state index contributed by atoms with van der Waals surface area (Å²) in [4.78, 5) is 11.4. The minimum atomic E-state index is -0.0866. The molecule has 2 rings (SSSR count). The maximum atomic E-state index is 11.4. The van der Waals surface area contributed by atoms with Gasteiger partial charge in [-0.1, -0.05) is 51.0 Å². The van der Waals surface area contributed by atoms with Crippen LogP contribution in [0.15, 0.2) is 30.0 Å². The third kappa shape index (κ3) is 2.09. The van der Waals surface area contributed by atoms with Crippen molar-refractivity contribution in [3.63, 3.8) is 0 Å². The fraction of sp³-hybridized carbons (Fsp3) is 0.471. The molecule has 1 aromatic rings. The molecule has 1 aromatic carbocycles. The maximum absolute atomic E-state index is 11.4. The van der Waals surface area contributed by atoms with E-state index in [9.17, 15) is 4.79 Å². The van der Waals surface area contributed by atoms with Gasteiger partial charge < -0.3 is 5.32 Å². The van der Waals surface area contributed by atoms with Gasteiger partial charge >= 0.3 is 0 Å². The normalized spacial score (nSPS) is 22.2. The van der Waals surface area contributed by atoms with Crippen molar-refractivity contribution in [2.24, 2.45) is 5.92 Å². The Labute approximate surface area is 115 Å². The molecule has 0 fully saturated rings. The summed E-state index contributed by atoms with van der Waals surface area (Å²) in [5.41, 5.74) is 4.03. The number of hydrogen-bond acceptors (Lipinski definition) is 2. The molecular weight excluding hydrogens is 234 g/mol. The Bertz CT molecular complexity index is 514. The number of carbonyl (C=O) groups excluding carboxylic acids is 1. The standard InChI is InChI=1S/C17H23NO/c1-5-13(6-2)17(4)16-10-8-7-9-14(16)15(11-19)12(3)18-17/h7-11,13,18H,5-6H2,1-4H3. The van der Waals surface area contributed by atoms with Gasteiger partial charge in [-0.3, -0.25) is 4.79 Å². The molecule has 0 spiro atoms. The second-order valence-electron chi connectivity index (χ2n) is 5.54. The summed E-state index contributed by atoms with van der Waals surface area (Å²) in [6, 6.07) is 8.28. The van der Waals surface area contributed by atoms with E-state index in [4.69, 9.17) is 0 Å². The van der Waals surface area contributed by atoms with Crippen molar-refractivity contribution in [3.8, 4) is 0 Å². The van der Waals surface area contributed by atoms with Gasteiger partial charge in [0, 0.05) is 11.3 Å². The van der Waals surface area contributed by atoms with Crippen LogP contribution >= 0.6 is 0 Å². The number of benzene rings is 1. The van der Waals surface area contributed by atoms with Gasteiger partial charge in [0.2, 0.25) is 0 Å². The van der Waals surface area contributed by atoms with Crippen molar-refractivity contribution in [2.45, 2.75) is 46.1 Å². The zero-order chi connectivity index (χ0) is 14.0. The molecule has 0 aromatic heterocycles. The van der Waals surface area contributed by atoms with Crippen LogP contribution in [0.1, 0.15) is 51.7 Å². The van der Waals surface area contributed by atoms with E-state index < -0.39 is 0 Å². The van der Waals surface area contributed by atoms with Crippen LogP contribution in [-0.2, 0) is 10.3 Å². The lowest BCUT2D eigenvalue weighted by Gasteiger charge is -2.44. The molecule has 2 nitrogen and oxygen atoms in total. The van der Waals surface area contributed by atoms with Crippen LogP contribution < -0.4 is 5.32 Å². The van der Waals surface area contributed by atoms with E-state index in [1.165, 1.54) is 5.56 Å². The third-order valence-electron chi connectivity index (χ3n) is 4.55. The summed E-state index contributed by atoms with van der Waals surface area (Å²) in [5, 5.41) is 3.60. The van der Waals surface area contributed by atoms with E-state index in [0.29, 0.717) is 5.92 Å². The van der Waals surface area contributed by atoms with Gasteiger partial charge in [0.05, 0.1) is 5.54 Å². The van der Waals surface area contributed by atoms with Gasteiger partial charge in [-0.15, -0.1) is 0 Å². The first-order chi connectivity index (χ1) is 9.08. The second kappa shape index (κ2) is 5.20. The first-order valence-electron chi connectivity index (χ1n) is 7.12. The lowest BCUT2D eigenvalue weighted by atomic mass is 9.72. The van der Waals surface area contributed by atoms with Gasteiger partial charge in [-0.05, 0) is 30.9 Å². The van der Waals surface area contributed by atoms with E-state index in [2.05, 4.69) is 44.3 Å².